The fraction of sp³-hybridized carbons (Fsp3) is 0.160. The Hall–Kier alpha value is -3.27. The van der Waals surface area contributed by atoms with Gasteiger partial charge in [0.15, 0.2) is 0 Å². The summed E-state index contributed by atoms with van der Waals surface area (Å²) in [6.07, 6.45) is 3.46. The summed E-state index contributed by atoms with van der Waals surface area (Å²) in [5.74, 6) is 1.75. The van der Waals surface area contributed by atoms with Crippen LogP contribution in [0.2, 0.25) is 0 Å². The molecule has 0 spiro atoms. The van der Waals surface area contributed by atoms with E-state index < -0.39 is 0 Å². The first-order valence-electron chi connectivity index (χ1n) is 9.98. The second kappa shape index (κ2) is 6.66. The van der Waals surface area contributed by atoms with Crippen molar-refractivity contribution in [3.05, 3.63) is 89.7 Å². The van der Waals surface area contributed by atoms with Crippen LogP contribution in [0.25, 0.3) is 5.69 Å². The van der Waals surface area contributed by atoms with E-state index in [0.717, 1.165) is 22.9 Å². The van der Waals surface area contributed by atoms with Crippen molar-refractivity contribution in [2.45, 2.75) is 20.8 Å². The number of nitrogens with zero attached hydrogens (tertiary/aromatic N) is 2. The van der Waals surface area contributed by atoms with Gasteiger partial charge < -0.3 is 9.30 Å². The van der Waals surface area contributed by atoms with Gasteiger partial charge in [0.05, 0.1) is 18.3 Å². The van der Waals surface area contributed by atoms with Crippen molar-refractivity contribution in [1.82, 2.24) is 4.57 Å². The number of aromatic nitrogens is 2. The number of para-hydroxylation sites is 2. The average molecular weight is 378 g/mol. The van der Waals surface area contributed by atoms with E-state index in [-0.39, 0.29) is 6.71 Å². The van der Waals surface area contributed by atoms with Crippen LogP contribution in [0.15, 0.2) is 66.7 Å². The van der Waals surface area contributed by atoms with Gasteiger partial charge >= 0.3 is 0 Å². The van der Waals surface area contributed by atoms with E-state index >= 15 is 0 Å². The Morgan fingerprint density at radius 2 is 1.55 bits per heavy atom. The van der Waals surface area contributed by atoms with Gasteiger partial charge in [0.1, 0.15) is 5.75 Å². The van der Waals surface area contributed by atoms with Crippen molar-refractivity contribution in [2.75, 3.05) is 0 Å². The van der Waals surface area contributed by atoms with Crippen molar-refractivity contribution in [1.29, 1.82) is 0 Å². The summed E-state index contributed by atoms with van der Waals surface area (Å²) in [5.41, 5.74) is 8.63. The third-order valence-electron chi connectivity index (χ3n) is 5.78. The van der Waals surface area contributed by atoms with Gasteiger partial charge in [-0.2, -0.15) is 0 Å². The molecule has 0 amide bonds. The Kier molecular flexibility index (Phi) is 4.09. The monoisotopic (exact) mass is 378 g/mol. The molecule has 0 saturated carbocycles. The lowest BCUT2D eigenvalue weighted by Crippen LogP contribution is -2.65. The Morgan fingerprint density at radius 1 is 0.897 bits per heavy atom. The Bertz CT molecular complexity index is 1200. The van der Waals surface area contributed by atoms with Crippen LogP contribution in [0.3, 0.4) is 0 Å². The molecule has 1 aromatic heterocycles. The molecule has 3 aromatic carbocycles. The predicted octanol–water partition coefficient (Wildman–Crippen LogP) is 2.65. The van der Waals surface area contributed by atoms with Crippen molar-refractivity contribution in [3.8, 4) is 17.3 Å². The number of rotatable bonds is 2. The van der Waals surface area contributed by atoms with Crippen molar-refractivity contribution >= 4 is 23.2 Å². The second-order valence-corrected chi connectivity index (χ2v) is 7.91. The molecule has 5 rings (SSSR count). The van der Waals surface area contributed by atoms with Crippen molar-refractivity contribution in [2.24, 2.45) is 7.05 Å². The highest BCUT2D eigenvalue weighted by Crippen LogP contribution is 2.26. The molecule has 3 nitrogen and oxygen atoms in total. The van der Waals surface area contributed by atoms with E-state index in [0.29, 0.717) is 0 Å². The van der Waals surface area contributed by atoms with Crippen LogP contribution in [-0.2, 0) is 7.05 Å². The van der Waals surface area contributed by atoms with E-state index in [1.165, 1.54) is 27.6 Å². The molecule has 0 fully saturated rings. The van der Waals surface area contributed by atoms with Gasteiger partial charge in [0, 0.05) is 0 Å². The van der Waals surface area contributed by atoms with Crippen LogP contribution in [0.1, 0.15) is 16.7 Å². The fourth-order valence-electron chi connectivity index (χ4n) is 4.68. The number of hydrogen-bond acceptors (Lipinski definition) is 1. The Balaban J connectivity index is 1.81. The van der Waals surface area contributed by atoms with E-state index in [2.05, 4.69) is 81.2 Å². The molecule has 0 bridgehead atoms. The molecule has 142 valence electrons. The summed E-state index contributed by atoms with van der Waals surface area (Å²) in [6, 6.07) is 23.2. The number of aryl methyl sites for hydroxylation is 4. The summed E-state index contributed by atoms with van der Waals surface area (Å²) in [6.45, 7) is 6.68. The van der Waals surface area contributed by atoms with Crippen LogP contribution >= 0.6 is 0 Å². The van der Waals surface area contributed by atoms with Gasteiger partial charge in [-0.1, -0.05) is 82.8 Å². The Morgan fingerprint density at radius 3 is 2.28 bits per heavy atom. The lowest BCUT2D eigenvalue weighted by Gasteiger charge is -2.29. The number of hydrogen-bond donors (Lipinski definition) is 0. The highest BCUT2D eigenvalue weighted by atomic mass is 16.5. The van der Waals surface area contributed by atoms with E-state index in [9.17, 15) is 0 Å². The first-order valence-corrected chi connectivity index (χ1v) is 9.98. The first-order chi connectivity index (χ1) is 14.0. The van der Waals surface area contributed by atoms with Crippen LogP contribution in [0.5, 0.6) is 11.6 Å². The van der Waals surface area contributed by atoms with Crippen LogP contribution in [0, 0.1) is 27.1 Å². The smallest absolute Gasteiger partial charge is 0.245 e. The van der Waals surface area contributed by atoms with Gasteiger partial charge in [-0.3, -0.25) is 4.57 Å². The highest BCUT2D eigenvalue weighted by molar-refractivity contribution is 6.96. The van der Waals surface area contributed by atoms with Crippen LogP contribution < -0.4 is 25.8 Å². The molecule has 0 radical (unpaired) electrons. The summed E-state index contributed by atoms with van der Waals surface area (Å²) < 4.78 is 10.6. The maximum absolute atomic E-state index is 6.45. The predicted molar refractivity (Wildman–Crippen MR) is 118 cm³/mol. The van der Waals surface area contributed by atoms with Gasteiger partial charge in [-0.25, -0.2) is 0 Å². The van der Waals surface area contributed by atoms with Gasteiger partial charge in [-0.15, -0.1) is 0 Å². The topological polar surface area (TPSA) is 18.0 Å². The normalized spacial score (nSPS) is 12.3. The van der Waals surface area contributed by atoms with Crippen LogP contribution in [0.4, 0.5) is 0 Å². The molecule has 4 aromatic rings. The Labute approximate surface area is 172 Å². The minimum Gasteiger partial charge on any atom is -0.472 e. The van der Waals surface area contributed by atoms with E-state index in [1.807, 2.05) is 28.8 Å². The fourth-order valence-corrected chi connectivity index (χ4v) is 4.68. The highest BCUT2D eigenvalue weighted by Gasteiger charge is 2.37. The minimum absolute atomic E-state index is 0.0989. The third kappa shape index (κ3) is 2.79. The van der Waals surface area contributed by atoms with Gasteiger partial charge in [0.25, 0.3) is 0 Å². The van der Waals surface area contributed by atoms with Crippen LogP contribution in [-0.4, -0.2) is 11.3 Å². The first kappa shape index (κ1) is 17.8. The van der Waals surface area contributed by atoms with Gasteiger partial charge in [-0.05, 0) is 32.3 Å². The number of benzene rings is 3. The molecule has 29 heavy (non-hydrogen) atoms. The molecule has 0 saturated heterocycles. The number of fused-ring (bicyclic) bond motifs is 2. The summed E-state index contributed by atoms with van der Waals surface area (Å²) in [4.78, 5) is 0. The molecular weight excluding hydrogens is 355 g/mol. The summed E-state index contributed by atoms with van der Waals surface area (Å²) in [5, 5.41) is 0. The summed E-state index contributed by atoms with van der Waals surface area (Å²) >= 11 is 0. The standard InChI is InChI=1S/C25H23BN2O/c1-17-14-18(2)23(19(3)15-17)26-21-12-8-9-13-22(21)29-25-24(26)27(4)16-28(25)20-10-6-5-7-11-20/h5-15H,1-4H3. The quantitative estimate of drug-likeness (QED) is 0.262. The molecular formula is C25H23BN2O. The molecule has 0 aliphatic carbocycles. The third-order valence-corrected chi connectivity index (χ3v) is 5.78. The molecule has 4 heteroatoms. The maximum atomic E-state index is 6.45. The average Bonchev–Trinajstić information content (AvgIpc) is 3.03. The summed E-state index contributed by atoms with van der Waals surface area (Å²) in [7, 11) is 2.06. The largest absolute Gasteiger partial charge is 0.472 e. The number of imidazole rings is 1. The zero-order chi connectivity index (χ0) is 20.1. The SMILES string of the molecule is Cc1cc(C)c(B2c3ccccc3Oc3c2[n+](C)[c-]n3-c2ccccc2)c(C)c1. The molecule has 2 heterocycles. The minimum atomic E-state index is 0.0989. The molecule has 0 N–H and O–H groups in total. The zero-order valence-electron chi connectivity index (χ0n) is 17.2. The van der Waals surface area contributed by atoms with Crippen molar-refractivity contribution < 1.29 is 9.30 Å². The lowest BCUT2D eigenvalue weighted by atomic mass is 9.36. The molecule has 1 aliphatic heterocycles. The van der Waals surface area contributed by atoms with Gasteiger partial charge in [0.2, 0.25) is 18.9 Å². The lowest BCUT2D eigenvalue weighted by molar-refractivity contribution is -0.658. The number of ether oxygens (including phenoxy) is 1. The zero-order valence-corrected chi connectivity index (χ0v) is 17.2. The van der Waals surface area contributed by atoms with E-state index in [4.69, 9.17) is 4.74 Å². The second-order valence-electron chi connectivity index (χ2n) is 7.91. The van der Waals surface area contributed by atoms with E-state index in [1.54, 1.807) is 0 Å². The van der Waals surface area contributed by atoms with Crippen molar-refractivity contribution in [3.63, 3.8) is 0 Å². The molecule has 0 atom stereocenters. The molecule has 1 aliphatic rings. The molecule has 0 unspecified atom stereocenters. The maximum Gasteiger partial charge on any atom is 0.245 e.